The van der Waals surface area contributed by atoms with Gasteiger partial charge in [0, 0.05) is 23.9 Å². The molecule has 5 nitrogen and oxygen atoms in total. The number of anilines is 2. The van der Waals surface area contributed by atoms with Gasteiger partial charge in [0.25, 0.3) is 0 Å². The molecule has 2 aromatic carbocycles. The number of carbonyl (C=O) groups excluding carboxylic acids is 1. The molecule has 0 amide bonds. The van der Waals surface area contributed by atoms with Gasteiger partial charge in [0.1, 0.15) is 5.75 Å². The van der Waals surface area contributed by atoms with Crippen molar-refractivity contribution in [2.24, 2.45) is 10.8 Å². The van der Waals surface area contributed by atoms with Crippen LogP contribution in [-0.4, -0.2) is 18.7 Å². The number of carbonyl (C=O) groups is 1. The van der Waals surface area contributed by atoms with E-state index in [-0.39, 0.29) is 17.8 Å². The molecule has 3 aliphatic rings. The monoisotopic (exact) mass is 526 g/mol. The van der Waals surface area contributed by atoms with E-state index in [2.05, 4.69) is 6.92 Å². The van der Waals surface area contributed by atoms with Crippen LogP contribution < -0.4 is 16.2 Å². The zero-order chi connectivity index (χ0) is 27.2. The number of rotatable bonds is 12. The largest absolute Gasteiger partial charge is 0.462 e. The van der Waals surface area contributed by atoms with Gasteiger partial charge >= 0.3 is 12.1 Å². The third-order valence-electron chi connectivity index (χ3n) is 8.54. The van der Waals surface area contributed by atoms with Gasteiger partial charge in [-0.2, -0.15) is 8.78 Å². The molecule has 0 spiro atoms. The predicted molar refractivity (Wildman–Crippen MR) is 148 cm³/mol. The molecule has 0 atom stereocenters. The van der Waals surface area contributed by atoms with E-state index in [0.29, 0.717) is 42.6 Å². The first-order valence-electron chi connectivity index (χ1n) is 13.8. The minimum Gasteiger partial charge on any atom is -0.462 e. The van der Waals surface area contributed by atoms with E-state index in [1.807, 2.05) is 0 Å². The van der Waals surface area contributed by atoms with Crippen LogP contribution in [-0.2, 0) is 16.0 Å². The number of benzene rings is 2. The molecule has 5 rings (SSSR count). The molecule has 0 unspecified atom stereocenters. The molecule has 0 aliphatic heterocycles. The molecule has 38 heavy (non-hydrogen) atoms. The molecule has 206 valence electrons. The number of ether oxygens (including phenoxy) is 2. The maximum atomic E-state index is 15.4. The van der Waals surface area contributed by atoms with Crippen molar-refractivity contribution in [1.82, 2.24) is 0 Å². The SMILES string of the molecule is CCCCCC12CCC(C(F)(F)Oc3ccc(/C=C/C(=O)OCCc4cc(N)cc(N)c4)cc3)(CC1)CC2. The van der Waals surface area contributed by atoms with Gasteiger partial charge in [-0.1, -0.05) is 38.3 Å². The number of hydrogen-bond acceptors (Lipinski definition) is 5. The van der Waals surface area contributed by atoms with E-state index in [9.17, 15) is 4.79 Å². The third kappa shape index (κ3) is 6.66. The highest BCUT2D eigenvalue weighted by atomic mass is 19.3. The zero-order valence-corrected chi connectivity index (χ0v) is 22.3. The van der Waals surface area contributed by atoms with Crippen LogP contribution in [0.25, 0.3) is 6.08 Å². The summed E-state index contributed by atoms with van der Waals surface area (Å²) < 4.78 is 41.4. The lowest BCUT2D eigenvalue weighted by Gasteiger charge is -2.55. The third-order valence-corrected chi connectivity index (χ3v) is 8.54. The van der Waals surface area contributed by atoms with E-state index in [1.54, 1.807) is 36.4 Å². The second-order valence-corrected chi connectivity index (χ2v) is 11.2. The summed E-state index contributed by atoms with van der Waals surface area (Å²) in [4.78, 5) is 12.1. The Morgan fingerprint density at radius 2 is 1.61 bits per heavy atom. The summed E-state index contributed by atoms with van der Waals surface area (Å²) in [6.07, 6.45) is 9.18. The highest BCUT2D eigenvalue weighted by Crippen LogP contribution is 2.63. The first-order chi connectivity index (χ1) is 18.1. The van der Waals surface area contributed by atoms with Gasteiger partial charge < -0.3 is 20.9 Å². The van der Waals surface area contributed by atoms with Gasteiger partial charge in [0.15, 0.2) is 0 Å². The first-order valence-corrected chi connectivity index (χ1v) is 13.8. The molecule has 3 saturated carbocycles. The van der Waals surface area contributed by atoms with Crippen LogP contribution in [0.5, 0.6) is 5.75 Å². The lowest BCUT2D eigenvalue weighted by Crippen LogP contribution is -2.53. The second-order valence-electron chi connectivity index (χ2n) is 11.2. The van der Waals surface area contributed by atoms with Gasteiger partial charge in [-0.25, -0.2) is 4.79 Å². The van der Waals surface area contributed by atoms with Crippen molar-refractivity contribution in [3.05, 3.63) is 59.7 Å². The maximum absolute atomic E-state index is 15.4. The minimum atomic E-state index is -3.21. The molecule has 0 aromatic heterocycles. The predicted octanol–water partition coefficient (Wildman–Crippen LogP) is 7.54. The van der Waals surface area contributed by atoms with Gasteiger partial charge in [-0.15, -0.1) is 0 Å². The number of halogens is 2. The Hall–Kier alpha value is -3.09. The molecule has 3 aliphatic carbocycles. The van der Waals surface area contributed by atoms with Crippen molar-refractivity contribution >= 4 is 23.4 Å². The quantitative estimate of drug-likeness (QED) is 0.129. The molecule has 7 heteroatoms. The number of alkyl halides is 2. The highest BCUT2D eigenvalue weighted by molar-refractivity contribution is 5.87. The van der Waals surface area contributed by atoms with Crippen molar-refractivity contribution in [2.75, 3.05) is 18.1 Å². The first kappa shape index (κ1) is 27.9. The van der Waals surface area contributed by atoms with Crippen molar-refractivity contribution in [1.29, 1.82) is 0 Å². The fraction of sp³-hybridized carbons (Fsp3) is 0.516. The molecular formula is C31H40F2N2O3. The summed E-state index contributed by atoms with van der Waals surface area (Å²) in [6.45, 7) is 2.39. The molecule has 0 heterocycles. The summed E-state index contributed by atoms with van der Waals surface area (Å²) >= 11 is 0. The van der Waals surface area contributed by atoms with Crippen molar-refractivity contribution in [2.45, 2.75) is 83.7 Å². The Morgan fingerprint density at radius 3 is 2.21 bits per heavy atom. The van der Waals surface area contributed by atoms with E-state index < -0.39 is 17.5 Å². The number of fused-ring (bicyclic) bond motifs is 3. The van der Waals surface area contributed by atoms with E-state index in [0.717, 1.165) is 24.8 Å². The Bertz CT molecular complexity index is 1090. The van der Waals surface area contributed by atoms with Crippen LogP contribution in [0.15, 0.2) is 48.5 Å². The molecule has 2 bridgehead atoms. The van der Waals surface area contributed by atoms with Crippen molar-refractivity contribution < 1.29 is 23.0 Å². The average Bonchev–Trinajstić information content (AvgIpc) is 2.89. The Balaban J connectivity index is 1.26. The van der Waals surface area contributed by atoms with Crippen molar-refractivity contribution in [3.8, 4) is 5.75 Å². The van der Waals surface area contributed by atoms with Crippen LogP contribution in [0, 0.1) is 10.8 Å². The van der Waals surface area contributed by atoms with E-state index in [1.165, 1.54) is 43.9 Å². The summed E-state index contributed by atoms with van der Waals surface area (Å²) in [5.41, 5.74) is 13.4. The fourth-order valence-electron chi connectivity index (χ4n) is 6.10. The lowest BCUT2D eigenvalue weighted by atomic mass is 9.52. The highest BCUT2D eigenvalue weighted by Gasteiger charge is 2.62. The van der Waals surface area contributed by atoms with Crippen LogP contribution in [0.3, 0.4) is 0 Å². The number of nitrogen functional groups attached to an aromatic ring is 2. The Labute approximate surface area is 224 Å². The van der Waals surface area contributed by atoms with Gasteiger partial charge in [-0.3, -0.25) is 0 Å². The number of esters is 1. The van der Waals surface area contributed by atoms with Crippen LogP contribution >= 0.6 is 0 Å². The summed E-state index contributed by atoms with van der Waals surface area (Å²) in [5, 5.41) is 0. The topological polar surface area (TPSA) is 87.6 Å². The molecule has 0 radical (unpaired) electrons. The number of hydrogen-bond donors (Lipinski definition) is 2. The lowest BCUT2D eigenvalue weighted by molar-refractivity contribution is -0.289. The average molecular weight is 527 g/mol. The fourth-order valence-corrected chi connectivity index (χ4v) is 6.10. The van der Waals surface area contributed by atoms with E-state index >= 15 is 8.78 Å². The Kier molecular flexibility index (Phi) is 8.64. The standard InChI is InChI=1S/C31H40F2N2O3/c1-2-3-4-12-29-13-16-30(17-14-29,18-15-29)31(32,33)38-27-8-5-23(6-9-27)7-10-28(36)37-19-11-24-20-25(34)22-26(35)21-24/h5-10,20-22H,2-4,11-19,34-35H2,1H3/b10-7+. The molecule has 0 saturated heterocycles. The summed E-state index contributed by atoms with van der Waals surface area (Å²) in [5.74, 6) is -0.357. The van der Waals surface area contributed by atoms with Crippen LogP contribution in [0.2, 0.25) is 0 Å². The zero-order valence-electron chi connectivity index (χ0n) is 22.3. The smallest absolute Gasteiger partial charge is 0.403 e. The van der Waals surface area contributed by atoms with Gasteiger partial charge in [0.2, 0.25) is 0 Å². The molecule has 4 N–H and O–H groups in total. The van der Waals surface area contributed by atoms with Gasteiger partial charge in [0.05, 0.1) is 12.0 Å². The Morgan fingerprint density at radius 1 is 0.974 bits per heavy atom. The molecule has 2 aromatic rings. The van der Waals surface area contributed by atoms with Gasteiger partial charge in [-0.05, 0) is 97.9 Å². The second kappa shape index (κ2) is 11.7. The summed E-state index contributed by atoms with van der Waals surface area (Å²) in [7, 11) is 0. The molecular weight excluding hydrogens is 486 g/mol. The number of nitrogens with two attached hydrogens (primary N) is 2. The minimum absolute atomic E-state index is 0.135. The van der Waals surface area contributed by atoms with Crippen molar-refractivity contribution in [3.63, 3.8) is 0 Å². The molecule has 3 fully saturated rings. The van der Waals surface area contributed by atoms with Crippen LogP contribution in [0.4, 0.5) is 20.2 Å². The maximum Gasteiger partial charge on any atom is 0.403 e. The van der Waals surface area contributed by atoms with E-state index in [4.69, 9.17) is 20.9 Å². The number of unbranched alkanes of at least 4 members (excludes halogenated alkanes) is 2. The van der Waals surface area contributed by atoms with Crippen LogP contribution in [0.1, 0.15) is 82.3 Å². The summed E-state index contributed by atoms with van der Waals surface area (Å²) in [6, 6.07) is 11.6. The normalized spacial score (nSPS) is 23.0.